The van der Waals surface area contributed by atoms with Crippen LogP contribution < -0.4 is 5.48 Å². The summed E-state index contributed by atoms with van der Waals surface area (Å²) in [6.07, 6.45) is 1.67. The number of oxime groups is 2. The van der Waals surface area contributed by atoms with Crippen molar-refractivity contribution in [2.75, 3.05) is 13.2 Å². The second kappa shape index (κ2) is 10.5. The van der Waals surface area contributed by atoms with Crippen molar-refractivity contribution >= 4 is 11.4 Å². The molecule has 0 spiro atoms. The van der Waals surface area contributed by atoms with Crippen molar-refractivity contribution < 1.29 is 14.5 Å². The molecule has 1 atom stereocenters. The van der Waals surface area contributed by atoms with Gasteiger partial charge in [0, 0.05) is 23.9 Å². The highest BCUT2D eigenvalue weighted by molar-refractivity contribution is 5.96. The minimum absolute atomic E-state index is 0.222. The third-order valence-electron chi connectivity index (χ3n) is 5.13. The molecule has 0 amide bonds. The average molecular weight is 426 g/mol. The first-order chi connectivity index (χ1) is 14.9. The lowest BCUT2D eigenvalue weighted by Crippen LogP contribution is -2.39. The highest BCUT2D eigenvalue weighted by atomic mass is 16.7. The maximum absolute atomic E-state index is 5.89. The van der Waals surface area contributed by atoms with Crippen molar-refractivity contribution in [2.45, 2.75) is 59.1 Å². The van der Waals surface area contributed by atoms with E-state index in [0.29, 0.717) is 11.4 Å². The molecule has 3 heterocycles. The van der Waals surface area contributed by atoms with E-state index in [-0.39, 0.29) is 19.3 Å². The van der Waals surface area contributed by atoms with E-state index < -0.39 is 5.60 Å². The van der Waals surface area contributed by atoms with Crippen LogP contribution >= 0.6 is 0 Å². The Morgan fingerprint density at radius 3 is 1.94 bits per heavy atom. The van der Waals surface area contributed by atoms with E-state index in [1.807, 2.05) is 64.1 Å². The van der Waals surface area contributed by atoms with Crippen molar-refractivity contribution in [1.29, 1.82) is 0 Å². The normalized spacial score (nSPS) is 18.8. The number of aromatic nitrogens is 2. The van der Waals surface area contributed by atoms with E-state index >= 15 is 0 Å². The van der Waals surface area contributed by atoms with Gasteiger partial charge in [-0.3, -0.25) is 14.8 Å². The third-order valence-corrected chi connectivity index (χ3v) is 5.13. The second-order valence-corrected chi connectivity index (χ2v) is 7.94. The number of hydroxylamine groups is 1. The molecule has 1 saturated heterocycles. The van der Waals surface area contributed by atoms with Crippen LogP contribution in [0, 0.1) is 13.8 Å². The van der Waals surface area contributed by atoms with Gasteiger partial charge in [-0.1, -0.05) is 29.4 Å². The van der Waals surface area contributed by atoms with Crippen LogP contribution in [-0.2, 0) is 14.5 Å². The molecule has 1 N–H and O–H groups in total. The first kappa shape index (κ1) is 22.8. The lowest BCUT2D eigenvalue weighted by molar-refractivity contribution is -0.137. The van der Waals surface area contributed by atoms with Gasteiger partial charge in [0.1, 0.15) is 11.4 Å². The van der Waals surface area contributed by atoms with Crippen LogP contribution in [0.25, 0.3) is 0 Å². The van der Waals surface area contributed by atoms with Crippen molar-refractivity contribution in [3.63, 3.8) is 0 Å². The minimum Gasteiger partial charge on any atom is -0.392 e. The number of aryl methyl sites for hydroxylation is 2. The summed E-state index contributed by atoms with van der Waals surface area (Å²) in [5.41, 5.74) is 7.23. The first-order valence-electron chi connectivity index (χ1n) is 10.6. The number of rotatable bonds is 9. The number of hydrogen-bond acceptors (Lipinski definition) is 8. The molecular weight excluding hydrogens is 394 g/mol. The summed E-state index contributed by atoms with van der Waals surface area (Å²) in [6, 6.07) is 11.8. The Bertz CT molecular complexity index is 879. The maximum atomic E-state index is 5.89. The predicted octanol–water partition coefficient (Wildman–Crippen LogP) is 3.72. The molecule has 8 nitrogen and oxygen atoms in total. The molecule has 1 aliphatic rings. The van der Waals surface area contributed by atoms with E-state index in [2.05, 4.69) is 32.7 Å². The van der Waals surface area contributed by atoms with Gasteiger partial charge in [0.25, 0.3) is 0 Å². The maximum Gasteiger partial charge on any atom is 0.164 e. The molecule has 0 bridgehead atoms. The van der Waals surface area contributed by atoms with Crippen molar-refractivity contribution in [1.82, 2.24) is 15.4 Å². The smallest absolute Gasteiger partial charge is 0.164 e. The Hall–Kier alpha value is -2.84. The molecule has 0 radical (unpaired) electrons. The molecule has 0 saturated carbocycles. The summed E-state index contributed by atoms with van der Waals surface area (Å²) >= 11 is 0. The Morgan fingerprint density at radius 1 is 1.00 bits per heavy atom. The summed E-state index contributed by atoms with van der Waals surface area (Å²) in [5.74, 6) is 0. The number of pyridine rings is 2. The monoisotopic (exact) mass is 425 g/mol. The quantitative estimate of drug-likeness (QED) is 0.486. The fourth-order valence-corrected chi connectivity index (χ4v) is 3.26. The van der Waals surface area contributed by atoms with Gasteiger partial charge >= 0.3 is 0 Å². The fraction of sp³-hybridized carbons (Fsp3) is 0.478. The summed E-state index contributed by atoms with van der Waals surface area (Å²) < 4.78 is 0. The lowest BCUT2D eigenvalue weighted by Gasteiger charge is -2.24. The van der Waals surface area contributed by atoms with Crippen LogP contribution in [0.3, 0.4) is 0 Å². The van der Waals surface area contributed by atoms with Crippen LogP contribution in [0.4, 0.5) is 0 Å². The van der Waals surface area contributed by atoms with Gasteiger partial charge in [0.2, 0.25) is 0 Å². The third kappa shape index (κ3) is 6.32. The second-order valence-electron chi connectivity index (χ2n) is 7.94. The average Bonchev–Trinajstić information content (AvgIpc) is 3.17. The summed E-state index contributed by atoms with van der Waals surface area (Å²) in [5, 5.41) is 8.48. The van der Waals surface area contributed by atoms with Crippen LogP contribution in [0.1, 0.15) is 56.4 Å². The van der Waals surface area contributed by atoms with Gasteiger partial charge in [-0.15, -0.1) is 0 Å². The molecule has 2 aromatic heterocycles. The number of nitrogens with zero attached hydrogens (tertiary/aromatic N) is 4. The molecule has 2 aromatic rings. The Kier molecular flexibility index (Phi) is 7.70. The van der Waals surface area contributed by atoms with Crippen LogP contribution in [0.15, 0.2) is 46.7 Å². The molecule has 166 valence electrons. The highest BCUT2D eigenvalue weighted by Gasteiger charge is 2.43. The van der Waals surface area contributed by atoms with Crippen molar-refractivity contribution in [3.8, 4) is 0 Å². The van der Waals surface area contributed by atoms with Crippen molar-refractivity contribution in [3.05, 3.63) is 59.2 Å². The van der Waals surface area contributed by atoms with Gasteiger partial charge in [0.15, 0.2) is 18.8 Å². The van der Waals surface area contributed by atoms with E-state index in [0.717, 1.165) is 35.6 Å². The Balaban J connectivity index is 1.64. The van der Waals surface area contributed by atoms with Gasteiger partial charge in [-0.25, -0.2) is 0 Å². The standard InChI is InChI=1S/C23H31N5O3/c1-6-20-13-23(31-28-20,14-29-26-18(4)21-11-7-9-16(2)24-21)15-30-27-19(5)22-12-8-10-17(3)25-22/h7-12,20,28H,6,13-15H2,1-5H3/b26-18+,27-19+. The van der Waals surface area contributed by atoms with E-state index in [9.17, 15) is 0 Å². The van der Waals surface area contributed by atoms with Gasteiger partial charge in [-0.05, 0) is 58.4 Å². The Labute approximate surface area is 183 Å². The van der Waals surface area contributed by atoms with E-state index in [1.54, 1.807) is 0 Å². The lowest BCUT2D eigenvalue weighted by atomic mass is 9.97. The summed E-state index contributed by atoms with van der Waals surface area (Å²) in [4.78, 5) is 26.2. The van der Waals surface area contributed by atoms with Gasteiger partial charge in [0.05, 0.1) is 11.4 Å². The summed E-state index contributed by atoms with van der Waals surface area (Å²) in [6.45, 7) is 10.2. The zero-order valence-electron chi connectivity index (χ0n) is 18.9. The zero-order valence-corrected chi connectivity index (χ0v) is 18.9. The van der Waals surface area contributed by atoms with E-state index in [4.69, 9.17) is 14.5 Å². The number of hydrogen-bond donors (Lipinski definition) is 1. The topological polar surface area (TPSA) is 90.2 Å². The number of nitrogens with one attached hydrogen (secondary N) is 1. The molecule has 1 unspecified atom stereocenters. The molecule has 3 rings (SSSR count). The summed E-state index contributed by atoms with van der Waals surface area (Å²) in [7, 11) is 0. The van der Waals surface area contributed by atoms with Crippen LogP contribution in [-0.4, -0.2) is 46.2 Å². The van der Waals surface area contributed by atoms with Gasteiger partial charge < -0.3 is 9.68 Å². The molecule has 31 heavy (non-hydrogen) atoms. The largest absolute Gasteiger partial charge is 0.392 e. The molecular formula is C23H31N5O3. The molecule has 1 aliphatic heterocycles. The highest BCUT2D eigenvalue weighted by Crippen LogP contribution is 2.27. The SMILES string of the molecule is CCC1CC(CO/N=C(\C)c2cccc(C)n2)(CO/N=C(\C)c2cccc(C)n2)ON1. The molecule has 1 fully saturated rings. The predicted molar refractivity (Wildman–Crippen MR) is 120 cm³/mol. The molecule has 0 aromatic carbocycles. The zero-order chi connectivity index (χ0) is 22.3. The fourth-order valence-electron chi connectivity index (χ4n) is 3.26. The van der Waals surface area contributed by atoms with E-state index in [1.165, 1.54) is 0 Å². The first-order valence-corrected chi connectivity index (χ1v) is 10.6. The molecule has 8 heteroatoms. The van der Waals surface area contributed by atoms with Crippen molar-refractivity contribution in [2.24, 2.45) is 10.3 Å². The minimum atomic E-state index is -0.686. The molecule has 0 aliphatic carbocycles. The van der Waals surface area contributed by atoms with Crippen LogP contribution in [0.5, 0.6) is 0 Å². The van der Waals surface area contributed by atoms with Crippen LogP contribution in [0.2, 0.25) is 0 Å². The van der Waals surface area contributed by atoms with Gasteiger partial charge in [-0.2, -0.15) is 5.48 Å². The Morgan fingerprint density at radius 2 is 1.52 bits per heavy atom.